The third kappa shape index (κ3) is 7.92. The maximum Gasteiger partial charge on any atom is -0.000932 e. The Bertz CT molecular complexity index is 99.2. The number of benzene rings is 1. The highest BCUT2D eigenvalue weighted by atomic mass is 32.1. The van der Waals surface area contributed by atoms with Crippen LogP contribution in [0, 0.1) is 0 Å². The molecule has 0 unspecified atom stereocenters. The zero-order chi connectivity index (χ0) is 7.66. The van der Waals surface area contributed by atoms with Crippen LogP contribution in [0.5, 0.6) is 0 Å². The third-order valence-electron chi connectivity index (χ3n) is 0.767. The maximum absolute atomic E-state index is 3.84. The van der Waals surface area contributed by atoms with E-state index in [2.05, 4.69) is 25.3 Å². The van der Waals surface area contributed by atoms with E-state index in [-0.39, 0.29) is 0 Å². The van der Waals surface area contributed by atoms with E-state index < -0.39 is 0 Å². The second-order valence-corrected chi connectivity index (χ2v) is 2.50. The Hall–Kier alpha value is -0.0800. The minimum Gasteiger partial charge on any atom is -0.179 e. The first-order chi connectivity index (χ1) is 4.91. The van der Waals surface area contributed by atoms with E-state index in [1.54, 1.807) is 0 Å². The molecule has 0 aromatic heterocycles. The van der Waals surface area contributed by atoms with E-state index in [1.807, 2.05) is 36.4 Å². The highest BCUT2D eigenvalue weighted by molar-refractivity contribution is 7.84. The molecule has 0 saturated carbocycles. The third-order valence-corrected chi connectivity index (χ3v) is 1.57. The van der Waals surface area contributed by atoms with Gasteiger partial charge in [0.15, 0.2) is 0 Å². The van der Waals surface area contributed by atoms with Crippen LogP contribution in [0.25, 0.3) is 0 Å². The van der Waals surface area contributed by atoms with Crippen LogP contribution >= 0.6 is 25.3 Å². The molecule has 0 aliphatic heterocycles. The maximum atomic E-state index is 3.84. The molecule has 0 heterocycles. The summed E-state index contributed by atoms with van der Waals surface area (Å²) in [4.78, 5) is 0. The van der Waals surface area contributed by atoms with Crippen molar-refractivity contribution in [1.29, 1.82) is 0 Å². The molecule has 0 aliphatic rings. The van der Waals surface area contributed by atoms with Crippen LogP contribution in [-0.2, 0) is 0 Å². The molecular formula is C8H12S2. The highest BCUT2D eigenvalue weighted by Gasteiger charge is 1.58. The fourth-order valence-corrected chi connectivity index (χ4v) is 0.385. The molecule has 1 rings (SSSR count). The van der Waals surface area contributed by atoms with Crippen molar-refractivity contribution in [3.05, 3.63) is 36.4 Å². The van der Waals surface area contributed by atoms with Crippen molar-refractivity contribution in [1.82, 2.24) is 0 Å². The Morgan fingerprint density at radius 1 is 0.600 bits per heavy atom. The smallest absolute Gasteiger partial charge is 0.000932 e. The van der Waals surface area contributed by atoms with Crippen LogP contribution in [0.1, 0.15) is 0 Å². The second kappa shape index (κ2) is 8.92. The molecular weight excluding hydrogens is 160 g/mol. The zero-order valence-corrected chi connectivity index (χ0v) is 7.56. The lowest BCUT2D eigenvalue weighted by atomic mass is 10.4. The predicted molar refractivity (Wildman–Crippen MR) is 54.1 cm³/mol. The van der Waals surface area contributed by atoms with E-state index in [1.165, 1.54) is 0 Å². The Morgan fingerprint density at radius 2 is 0.800 bits per heavy atom. The van der Waals surface area contributed by atoms with Crippen LogP contribution in [0.3, 0.4) is 0 Å². The van der Waals surface area contributed by atoms with Crippen LogP contribution in [0.15, 0.2) is 36.4 Å². The first kappa shape index (κ1) is 9.92. The summed E-state index contributed by atoms with van der Waals surface area (Å²) < 4.78 is 0. The number of hydrogen-bond donors (Lipinski definition) is 2. The van der Waals surface area contributed by atoms with Crippen molar-refractivity contribution in [2.24, 2.45) is 0 Å². The number of thiol groups is 2. The lowest BCUT2D eigenvalue weighted by Crippen LogP contribution is -1.64. The molecule has 0 fully saturated rings. The molecule has 0 N–H and O–H groups in total. The summed E-state index contributed by atoms with van der Waals surface area (Å²) in [5.74, 6) is 1.76. The van der Waals surface area contributed by atoms with Gasteiger partial charge in [0.1, 0.15) is 0 Å². The molecule has 1 aromatic carbocycles. The average molecular weight is 172 g/mol. The topological polar surface area (TPSA) is 0 Å². The largest absolute Gasteiger partial charge is 0.179 e. The summed E-state index contributed by atoms with van der Waals surface area (Å²) in [7, 11) is 0. The molecule has 2 heteroatoms. The van der Waals surface area contributed by atoms with Crippen molar-refractivity contribution in [3.63, 3.8) is 0 Å². The van der Waals surface area contributed by atoms with Gasteiger partial charge in [-0.15, -0.1) is 0 Å². The molecule has 0 spiro atoms. The average Bonchev–Trinajstić information content (AvgIpc) is 2.08. The molecule has 0 aliphatic carbocycles. The number of hydrogen-bond acceptors (Lipinski definition) is 2. The minimum atomic E-state index is 0.878. The van der Waals surface area contributed by atoms with Crippen molar-refractivity contribution < 1.29 is 0 Å². The van der Waals surface area contributed by atoms with E-state index in [0.717, 1.165) is 11.5 Å². The first-order valence-corrected chi connectivity index (χ1v) is 4.40. The van der Waals surface area contributed by atoms with E-state index in [4.69, 9.17) is 0 Å². The van der Waals surface area contributed by atoms with Gasteiger partial charge in [0.2, 0.25) is 0 Å². The summed E-state index contributed by atoms with van der Waals surface area (Å²) in [6, 6.07) is 12.0. The standard InChI is InChI=1S/C6H6.C2H6S2/c1-2-4-6-5-3-1;3-1-2-4/h1-6H;3-4H,1-2H2. The summed E-state index contributed by atoms with van der Waals surface area (Å²) >= 11 is 7.69. The van der Waals surface area contributed by atoms with Gasteiger partial charge in [-0.25, -0.2) is 0 Å². The summed E-state index contributed by atoms with van der Waals surface area (Å²) in [6.07, 6.45) is 0. The molecule has 0 atom stereocenters. The van der Waals surface area contributed by atoms with Gasteiger partial charge in [-0.1, -0.05) is 36.4 Å². The van der Waals surface area contributed by atoms with Crippen LogP contribution in [0.2, 0.25) is 0 Å². The van der Waals surface area contributed by atoms with Gasteiger partial charge in [-0.2, -0.15) is 25.3 Å². The Kier molecular flexibility index (Phi) is 8.85. The van der Waals surface area contributed by atoms with Crippen molar-refractivity contribution in [2.75, 3.05) is 11.5 Å². The van der Waals surface area contributed by atoms with Crippen molar-refractivity contribution in [2.45, 2.75) is 0 Å². The van der Waals surface area contributed by atoms with Gasteiger partial charge >= 0.3 is 0 Å². The SMILES string of the molecule is SCCS.c1ccccc1. The second-order valence-electron chi connectivity index (χ2n) is 1.60. The molecule has 0 bridgehead atoms. The molecule has 0 radical (unpaired) electrons. The molecule has 0 nitrogen and oxygen atoms in total. The monoisotopic (exact) mass is 172 g/mol. The molecule has 56 valence electrons. The molecule has 0 amide bonds. The van der Waals surface area contributed by atoms with E-state index >= 15 is 0 Å². The van der Waals surface area contributed by atoms with Crippen molar-refractivity contribution >= 4 is 25.3 Å². The fourth-order valence-electron chi connectivity index (χ4n) is 0.385. The fraction of sp³-hybridized carbons (Fsp3) is 0.250. The Balaban J connectivity index is 0.000000180. The van der Waals surface area contributed by atoms with Crippen molar-refractivity contribution in [3.8, 4) is 0 Å². The molecule has 10 heavy (non-hydrogen) atoms. The van der Waals surface area contributed by atoms with Gasteiger partial charge < -0.3 is 0 Å². The van der Waals surface area contributed by atoms with E-state index in [9.17, 15) is 0 Å². The number of rotatable bonds is 1. The normalized spacial score (nSPS) is 7.80. The highest BCUT2D eigenvalue weighted by Crippen LogP contribution is 1.79. The summed E-state index contributed by atoms with van der Waals surface area (Å²) in [5.41, 5.74) is 0. The Morgan fingerprint density at radius 3 is 0.900 bits per heavy atom. The van der Waals surface area contributed by atoms with Gasteiger partial charge in [0, 0.05) is 0 Å². The molecule has 0 saturated heterocycles. The summed E-state index contributed by atoms with van der Waals surface area (Å²) in [5, 5.41) is 0. The quantitative estimate of drug-likeness (QED) is 0.598. The first-order valence-electron chi connectivity index (χ1n) is 3.13. The van der Waals surface area contributed by atoms with Crippen LogP contribution in [0.4, 0.5) is 0 Å². The predicted octanol–water partition coefficient (Wildman–Crippen LogP) is 2.53. The van der Waals surface area contributed by atoms with Crippen LogP contribution in [-0.4, -0.2) is 11.5 Å². The molecule has 1 aromatic rings. The van der Waals surface area contributed by atoms with Gasteiger partial charge in [0.05, 0.1) is 0 Å². The lowest BCUT2D eigenvalue weighted by molar-refractivity contribution is 1.59. The minimum absolute atomic E-state index is 0.878. The zero-order valence-electron chi connectivity index (χ0n) is 5.77. The summed E-state index contributed by atoms with van der Waals surface area (Å²) in [6.45, 7) is 0. The lowest BCUT2D eigenvalue weighted by Gasteiger charge is -1.69. The van der Waals surface area contributed by atoms with Crippen LogP contribution < -0.4 is 0 Å². The van der Waals surface area contributed by atoms with Gasteiger partial charge in [-0.05, 0) is 11.5 Å². The van der Waals surface area contributed by atoms with E-state index in [0.29, 0.717) is 0 Å². The Labute approximate surface area is 73.5 Å². The van der Waals surface area contributed by atoms with Gasteiger partial charge in [0.25, 0.3) is 0 Å². The van der Waals surface area contributed by atoms with Gasteiger partial charge in [-0.3, -0.25) is 0 Å².